The van der Waals surface area contributed by atoms with Crippen molar-refractivity contribution in [1.82, 2.24) is 0 Å². The molecule has 1 nitrogen and oxygen atoms in total. The van der Waals surface area contributed by atoms with Crippen molar-refractivity contribution in [3.05, 3.63) is 59.2 Å². The molecule has 0 spiro atoms. The number of hydrogen-bond donors (Lipinski definition) is 0. The number of rotatable bonds is 1. The van der Waals surface area contributed by atoms with Crippen LogP contribution < -0.4 is 0 Å². The molecule has 2 aliphatic carbocycles. The maximum absolute atomic E-state index is 11.4. The molecule has 2 aromatic rings. The summed E-state index contributed by atoms with van der Waals surface area (Å²) in [6.45, 7) is 2.05. The van der Waals surface area contributed by atoms with Crippen molar-refractivity contribution in [2.75, 3.05) is 0 Å². The molecule has 0 radical (unpaired) electrons. The Balaban J connectivity index is 1.74. The van der Waals surface area contributed by atoms with E-state index in [1.54, 1.807) is 0 Å². The van der Waals surface area contributed by atoms with Crippen LogP contribution in [0.2, 0.25) is 0 Å². The minimum atomic E-state index is 0.210. The monoisotopic (exact) mass is 248 g/mol. The maximum Gasteiger partial charge on any atom is 0.136 e. The van der Waals surface area contributed by atoms with Crippen LogP contribution in [0.5, 0.6) is 0 Å². The van der Waals surface area contributed by atoms with Crippen LogP contribution in [0.25, 0.3) is 11.1 Å². The van der Waals surface area contributed by atoms with Crippen LogP contribution in [0.3, 0.4) is 0 Å². The molecule has 2 atom stereocenters. The Labute approximate surface area is 113 Å². The zero-order chi connectivity index (χ0) is 13.0. The van der Waals surface area contributed by atoms with Gasteiger partial charge in [0, 0.05) is 18.3 Å². The third-order valence-corrected chi connectivity index (χ3v) is 4.78. The van der Waals surface area contributed by atoms with Gasteiger partial charge in [-0.05, 0) is 34.2 Å². The summed E-state index contributed by atoms with van der Waals surface area (Å²) in [5, 5.41) is 0. The smallest absolute Gasteiger partial charge is 0.136 e. The Morgan fingerprint density at radius 3 is 2.58 bits per heavy atom. The number of ketones is 1. The number of carbonyl (C=O) groups excluding carboxylic acids is 1. The summed E-state index contributed by atoms with van der Waals surface area (Å²) in [5.74, 6) is 1.07. The van der Waals surface area contributed by atoms with E-state index >= 15 is 0 Å². The lowest BCUT2D eigenvalue weighted by atomic mass is 9.69. The first kappa shape index (κ1) is 11.0. The Kier molecular flexibility index (Phi) is 2.20. The fourth-order valence-electron chi connectivity index (χ4n) is 3.45. The highest BCUT2D eigenvalue weighted by Crippen LogP contribution is 2.43. The summed E-state index contributed by atoms with van der Waals surface area (Å²) in [6, 6.07) is 15.4. The largest absolute Gasteiger partial charge is 0.299 e. The van der Waals surface area contributed by atoms with E-state index in [2.05, 4.69) is 49.4 Å². The van der Waals surface area contributed by atoms with Crippen LogP contribution in [0.15, 0.2) is 42.5 Å². The second-order valence-corrected chi connectivity index (χ2v) is 5.82. The fraction of sp³-hybridized carbons (Fsp3) is 0.278. The van der Waals surface area contributed by atoms with Gasteiger partial charge in [-0.15, -0.1) is 0 Å². The Hall–Kier alpha value is -1.89. The van der Waals surface area contributed by atoms with Crippen LogP contribution in [0, 0.1) is 5.92 Å². The number of fused-ring (bicyclic) bond motifs is 3. The van der Waals surface area contributed by atoms with Gasteiger partial charge < -0.3 is 0 Å². The van der Waals surface area contributed by atoms with Gasteiger partial charge in [0.2, 0.25) is 0 Å². The molecule has 1 heteroatoms. The first-order valence-corrected chi connectivity index (χ1v) is 6.98. The molecule has 0 amide bonds. The van der Waals surface area contributed by atoms with Crippen molar-refractivity contribution in [2.45, 2.75) is 25.7 Å². The number of benzene rings is 2. The van der Waals surface area contributed by atoms with Crippen LogP contribution in [0.1, 0.15) is 36.0 Å². The van der Waals surface area contributed by atoms with Crippen molar-refractivity contribution in [1.29, 1.82) is 0 Å². The highest BCUT2D eigenvalue weighted by Gasteiger charge is 2.37. The van der Waals surface area contributed by atoms with Crippen LogP contribution in [-0.4, -0.2) is 5.78 Å². The molecule has 0 saturated heterocycles. The zero-order valence-corrected chi connectivity index (χ0v) is 11.0. The standard InChI is InChI=1S/C18H16O/c1-11-17(10-18(11)19)13-6-7-16-14(9-13)8-12-4-2-3-5-15(12)16/h2-7,9,11,17H,8,10H2,1H3. The van der Waals surface area contributed by atoms with Gasteiger partial charge >= 0.3 is 0 Å². The van der Waals surface area contributed by atoms with Crippen molar-refractivity contribution in [2.24, 2.45) is 5.92 Å². The number of Topliss-reactive ketones (excluding diaryl/α,β-unsaturated/α-hetero) is 1. The summed E-state index contributed by atoms with van der Waals surface area (Å²) in [7, 11) is 0. The van der Waals surface area contributed by atoms with Crippen molar-refractivity contribution in [3.63, 3.8) is 0 Å². The molecule has 2 aromatic carbocycles. The van der Waals surface area contributed by atoms with E-state index in [0.29, 0.717) is 11.7 Å². The number of carbonyl (C=O) groups is 1. The van der Waals surface area contributed by atoms with E-state index in [4.69, 9.17) is 0 Å². The van der Waals surface area contributed by atoms with Gasteiger partial charge in [0.15, 0.2) is 0 Å². The van der Waals surface area contributed by atoms with Crippen molar-refractivity contribution in [3.8, 4) is 11.1 Å². The lowest BCUT2D eigenvalue weighted by Gasteiger charge is -2.32. The minimum absolute atomic E-state index is 0.210. The third kappa shape index (κ3) is 1.51. The summed E-state index contributed by atoms with van der Waals surface area (Å²) in [6.07, 6.45) is 1.77. The topological polar surface area (TPSA) is 17.1 Å². The van der Waals surface area contributed by atoms with Gasteiger partial charge in [-0.1, -0.05) is 49.4 Å². The molecule has 1 fully saturated rings. The first-order valence-electron chi connectivity index (χ1n) is 6.98. The quantitative estimate of drug-likeness (QED) is 0.637. The summed E-state index contributed by atoms with van der Waals surface area (Å²) in [5.41, 5.74) is 6.94. The SMILES string of the molecule is CC1C(=O)CC1c1ccc2c(c1)Cc1ccccc1-2. The first-order chi connectivity index (χ1) is 9.24. The van der Waals surface area contributed by atoms with E-state index in [1.807, 2.05) is 0 Å². The second kappa shape index (κ2) is 3.80. The van der Waals surface area contributed by atoms with Gasteiger partial charge in [0.05, 0.1) is 0 Å². The van der Waals surface area contributed by atoms with Gasteiger partial charge in [-0.3, -0.25) is 4.79 Å². The van der Waals surface area contributed by atoms with Crippen molar-refractivity contribution < 1.29 is 4.79 Å². The molecule has 0 N–H and O–H groups in total. The normalized spacial score (nSPS) is 23.7. The summed E-state index contributed by atoms with van der Waals surface area (Å²) < 4.78 is 0. The van der Waals surface area contributed by atoms with Gasteiger partial charge in [-0.2, -0.15) is 0 Å². The predicted molar refractivity (Wildman–Crippen MR) is 76.2 cm³/mol. The molecule has 0 bridgehead atoms. The molecular formula is C18H16O. The Morgan fingerprint density at radius 2 is 1.79 bits per heavy atom. The van der Waals surface area contributed by atoms with E-state index in [9.17, 15) is 4.79 Å². The Morgan fingerprint density at radius 1 is 1.00 bits per heavy atom. The summed E-state index contributed by atoms with van der Waals surface area (Å²) in [4.78, 5) is 11.4. The molecular weight excluding hydrogens is 232 g/mol. The van der Waals surface area contributed by atoms with Gasteiger partial charge in [-0.25, -0.2) is 0 Å². The van der Waals surface area contributed by atoms with Gasteiger partial charge in [0.1, 0.15) is 5.78 Å². The van der Waals surface area contributed by atoms with Crippen molar-refractivity contribution >= 4 is 5.78 Å². The molecule has 0 aliphatic heterocycles. The second-order valence-electron chi connectivity index (χ2n) is 5.82. The van der Waals surface area contributed by atoms with E-state index in [0.717, 1.165) is 12.8 Å². The number of hydrogen-bond acceptors (Lipinski definition) is 1. The third-order valence-electron chi connectivity index (χ3n) is 4.78. The Bertz CT molecular complexity index is 684. The van der Waals surface area contributed by atoms with E-state index in [1.165, 1.54) is 27.8 Å². The van der Waals surface area contributed by atoms with E-state index < -0.39 is 0 Å². The van der Waals surface area contributed by atoms with Crippen LogP contribution in [0.4, 0.5) is 0 Å². The lowest BCUT2D eigenvalue weighted by molar-refractivity contribution is -0.130. The summed E-state index contributed by atoms with van der Waals surface area (Å²) >= 11 is 0. The average Bonchev–Trinajstić information content (AvgIpc) is 2.81. The predicted octanol–water partition coefficient (Wildman–Crippen LogP) is 3.95. The molecule has 0 aromatic heterocycles. The van der Waals surface area contributed by atoms with Gasteiger partial charge in [0.25, 0.3) is 0 Å². The van der Waals surface area contributed by atoms with Crippen LogP contribution in [-0.2, 0) is 11.2 Å². The minimum Gasteiger partial charge on any atom is -0.299 e. The highest BCUT2D eigenvalue weighted by atomic mass is 16.1. The molecule has 2 aliphatic rings. The fourth-order valence-corrected chi connectivity index (χ4v) is 3.45. The maximum atomic E-state index is 11.4. The van der Waals surface area contributed by atoms with Crippen LogP contribution >= 0.6 is 0 Å². The van der Waals surface area contributed by atoms with E-state index in [-0.39, 0.29) is 5.92 Å². The molecule has 94 valence electrons. The molecule has 0 heterocycles. The lowest BCUT2D eigenvalue weighted by Crippen LogP contribution is -2.32. The molecule has 2 unspecified atom stereocenters. The molecule has 19 heavy (non-hydrogen) atoms. The molecule has 1 saturated carbocycles. The zero-order valence-electron chi connectivity index (χ0n) is 11.0. The molecule has 4 rings (SSSR count). The highest BCUT2D eigenvalue weighted by molar-refractivity contribution is 5.89. The average molecular weight is 248 g/mol.